The number of carbonyl (C=O) groups excluding carboxylic acids is 1. The van der Waals surface area contributed by atoms with Crippen molar-refractivity contribution in [3.8, 4) is 0 Å². The van der Waals surface area contributed by atoms with Crippen molar-refractivity contribution < 1.29 is 4.79 Å². The number of rotatable bonds is 5. The number of nitrogens with zero attached hydrogens (tertiary/aromatic N) is 1. The maximum atomic E-state index is 12.4. The van der Waals surface area contributed by atoms with Gasteiger partial charge in [0.05, 0.1) is 6.04 Å². The first kappa shape index (κ1) is 16.3. The second kappa shape index (κ2) is 7.81. The van der Waals surface area contributed by atoms with E-state index in [1.54, 1.807) is 0 Å². The molecule has 0 spiro atoms. The zero-order chi connectivity index (χ0) is 15.2. The van der Waals surface area contributed by atoms with E-state index >= 15 is 0 Å². The van der Waals surface area contributed by atoms with E-state index in [-0.39, 0.29) is 11.9 Å². The van der Waals surface area contributed by atoms with E-state index in [1.807, 2.05) is 36.2 Å². The van der Waals surface area contributed by atoms with Gasteiger partial charge < -0.3 is 10.2 Å². The van der Waals surface area contributed by atoms with Crippen molar-refractivity contribution in [1.29, 1.82) is 0 Å². The highest BCUT2D eigenvalue weighted by Crippen LogP contribution is 2.23. The third-order valence-corrected chi connectivity index (χ3v) is 4.80. The van der Waals surface area contributed by atoms with Crippen LogP contribution >= 0.6 is 11.6 Å². The summed E-state index contributed by atoms with van der Waals surface area (Å²) < 4.78 is 0. The zero-order valence-electron chi connectivity index (χ0n) is 12.9. The van der Waals surface area contributed by atoms with Gasteiger partial charge in [-0.25, -0.2) is 0 Å². The van der Waals surface area contributed by atoms with Crippen LogP contribution in [0.5, 0.6) is 0 Å². The van der Waals surface area contributed by atoms with Crippen molar-refractivity contribution >= 4 is 17.5 Å². The van der Waals surface area contributed by atoms with Crippen LogP contribution in [0.25, 0.3) is 0 Å². The summed E-state index contributed by atoms with van der Waals surface area (Å²) in [6.07, 6.45) is 4.06. The maximum absolute atomic E-state index is 12.4. The Kier molecular flexibility index (Phi) is 6.07. The fraction of sp³-hybridized carbons (Fsp3) is 0.588. The van der Waals surface area contributed by atoms with Crippen LogP contribution in [0.3, 0.4) is 0 Å². The predicted octanol–water partition coefficient (Wildman–Crippen LogP) is 3.64. The van der Waals surface area contributed by atoms with Crippen LogP contribution in [0, 0.1) is 5.92 Å². The SMILES string of the molecule is CC(c1ccc(Cl)cc1)N(C)C(=O)CCC1CCNCC1. The second-order valence-electron chi connectivity index (χ2n) is 5.96. The summed E-state index contributed by atoms with van der Waals surface area (Å²) in [6, 6.07) is 7.82. The van der Waals surface area contributed by atoms with Crippen LogP contribution in [0.1, 0.15) is 44.2 Å². The van der Waals surface area contributed by atoms with Crippen LogP contribution < -0.4 is 5.32 Å². The Morgan fingerprint density at radius 3 is 2.57 bits per heavy atom. The fourth-order valence-electron chi connectivity index (χ4n) is 2.86. The van der Waals surface area contributed by atoms with Gasteiger partial charge >= 0.3 is 0 Å². The largest absolute Gasteiger partial charge is 0.339 e. The molecule has 1 heterocycles. The summed E-state index contributed by atoms with van der Waals surface area (Å²) >= 11 is 5.91. The van der Waals surface area contributed by atoms with Crippen molar-refractivity contribution in [1.82, 2.24) is 10.2 Å². The summed E-state index contributed by atoms with van der Waals surface area (Å²) in [5, 5.41) is 4.09. The lowest BCUT2D eigenvalue weighted by Crippen LogP contribution is -2.31. The molecule has 0 saturated carbocycles. The number of amides is 1. The number of hydrogen-bond acceptors (Lipinski definition) is 2. The Morgan fingerprint density at radius 1 is 1.33 bits per heavy atom. The lowest BCUT2D eigenvalue weighted by atomic mass is 9.93. The fourth-order valence-corrected chi connectivity index (χ4v) is 2.98. The first-order valence-electron chi connectivity index (χ1n) is 7.79. The highest BCUT2D eigenvalue weighted by molar-refractivity contribution is 6.30. The van der Waals surface area contributed by atoms with E-state index in [1.165, 1.54) is 12.8 Å². The average molecular weight is 309 g/mol. The highest BCUT2D eigenvalue weighted by Gasteiger charge is 2.19. The zero-order valence-corrected chi connectivity index (χ0v) is 13.7. The molecule has 1 aliphatic rings. The van der Waals surface area contributed by atoms with Gasteiger partial charge in [0.2, 0.25) is 5.91 Å². The molecule has 1 aliphatic heterocycles. The Balaban J connectivity index is 1.84. The van der Waals surface area contributed by atoms with E-state index in [0.29, 0.717) is 12.3 Å². The molecule has 1 fully saturated rings. The minimum absolute atomic E-state index is 0.0859. The van der Waals surface area contributed by atoms with Crippen LogP contribution in [0.15, 0.2) is 24.3 Å². The van der Waals surface area contributed by atoms with Crippen molar-refractivity contribution in [2.24, 2.45) is 5.92 Å². The Bertz CT molecular complexity index is 454. The molecule has 0 radical (unpaired) electrons. The maximum Gasteiger partial charge on any atom is 0.222 e. The average Bonchev–Trinajstić information content (AvgIpc) is 2.53. The van der Waals surface area contributed by atoms with Gasteiger partial charge in [-0.3, -0.25) is 4.79 Å². The van der Waals surface area contributed by atoms with Gasteiger partial charge in [0.15, 0.2) is 0 Å². The number of carbonyl (C=O) groups is 1. The molecule has 1 aromatic rings. The van der Waals surface area contributed by atoms with Gasteiger partial charge in [-0.05, 0) is 62.9 Å². The summed E-state index contributed by atoms with van der Waals surface area (Å²) in [5.74, 6) is 0.936. The molecule has 0 bridgehead atoms. The van der Waals surface area contributed by atoms with Gasteiger partial charge in [0, 0.05) is 18.5 Å². The highest BCUT2D eigenvalue weighted by atomic mass is 35.5. The molecule has 1 atom stereocenters. The van der Waals surface area contributed by atoms with Gasteiger partial charge in [-0.2, -0.15) is 0 Å². The molecule has 2 rings (SSSR count). The quantitative estimate of drug-likeness (QED) is 0.900. The molecule has 4 heteroatoms. The number of nitrogens with one attached hydrogen (secondary N) is 1. The molecular weight excluding hydrogens is 284 g/mol. The normalized spacial score (nSPS) is 17.5. The Morgan fingerprint density at radius 2 is 1.95 bits per heavy atom. The molecule has 1 amide bonds. The van der Waals surface area contributed by atoms with Gasteiger partial charge in [0.1, 0.15) is 0 Å². The summed E-state index contributed by atoms with van der Waals surface area (Å²) in [6.45, 7) is 4.25. The number of benzene rings is 1. The molecule has 1 unspecified atom stereocenters. The Labute approximate surface area is 132 Å². The van der Waals surface area contributed by atoms with Crippen molar-refractivity contribution in [3.05, 3.63) is 34.9 Å². The molecule has 1 saturated heterocycles. The molecule has 1 aromatic carbocycles. The number of hydrogen-bond donors (Lipinski definition) is 1. The smallest absolute Gasteiger partial charge is 0.222 e. The van der Waals surface area contributed by atoms with Gasteiger partial charge in [-0.1, -0.05) is 23.7 Å². The van der Waals surface area contributed by atoms with Gasteiger partial charge in [0.25, 0.3) is 0 Å². The molecule has 3 nitrogen and oxygen atoms in total. The first-order valence-corrected chi connectivity index (χ1v) is 8.17. The molecular formula is C17H25ClN2O. The van der Waals surface area contributed by atoms with E-state index in [9.17, 15) is 4.79 Å². The van der Waals surface area contributed by atoms with Crippen LogP contribution in [0.2, 0.25) is 5.02 Å². The monoisotopic (exact) mass is 308 g/mol. The Hall–Kier alpha value is -1.06. The minimum Gasteiger partial charge on any atom is -0.339 e. The first-order chi connectivity index (χ1) is 10.1. The van der Waals surface area contributed by atoms with Crippen LogP contribution in [0.4, 0.5) is 0 Å². The van der Waals surface area contributed by atoms with E-state index < -0.39 is 0 Å². The predicted molar refractivity (Wildman–Crippen MR) is 87.5 cm³/mol. The third-order valence-electron chi connectivity index (χ3n) is 4.55. The number of piperidine rings is 1. The van der Waals surface area contributed by atoms with Crippen molar-refractivity contribution in [2.75, 3.05) is 20.1 Å². The molecule has 0 aliphatic carbocycles. The summed E-state index contributed by atoms with van der Waals surface area (Å²) in [4.78, 5) is 14.2. The molecule has 0 aromatic heterocycles. The number of halogens is 1. The second-order valence-corrected chi connectivity index (χ2v) is 6.40. The summed E-state index contributed by atoms with van der Waals surface area (Å²) in [7, 11) is 1.89. The van der Waals surface area contributed by atoms with E-state index in [0.717, 1.165) is 30.1 Å². The molecule has 21 heavy (non-hydrogen) atoms. The standard InChI is InChI=1S/C17H25ClN2O/c1-13(15-4-6-16(18)7-5-15)20(2)17(21)8-3-14-9-11-19-12-10-14/h4-7,13-14,19H,3,8-12H2,1-2H3. The summed E-state index contributed by atoms with van der Waals surface area (Å²) in [5.41, 5.74) is 1.12. The molecule has 116 valence electrons. The molecule has 1 N–H and O–H groups in total. The minimum atomic E-state index is 0.0859. The third kappa shape index (κ3) is 4.72. The topological polar surface area (TPSA) is 32.3 Å². The van der Waals surface area contributed by atoms with Gasteiger partial charge in [-0.15, -0.1) is 0 Å². The van der Waals surface area contributed by atoms with Crippen LogP contribution in [-0.2, 0) is 4.79 Å². The van der Waals surface area contributed by atoms with E-state index in [2.05, 4.69) is 12.2 Å². The van der Waals surface area contributed by atoms with Crippen molar-refractivity contribution in [2.45, 2.75) is 38.6 Å². The van der Waals surface area contributed by atoms with Crippen molar-refractivity contribution in [3.63, 3.8) is 0 Å². The lowest BCUT2D eigenvalue weighted by molar-refractivity contribution is -0.132. The lowest BCUT2D eigenvalue weighted by Gasteiger charge is -2.27. The van der Waals surface area contributed by atoms with E-state index in [4.69, 9.17) is 11.6 Å². The van der Waals surface area contributed by atoms with Crippen LogP contribution in [-0.4, -0.2) is 30.9 Å².